The third kappa shape index (κ3) is 7.32. The summed E-state index contributed by atoms with van der Waals surface area (Å²) in [6.45, 7) is 0.599. The smallest absolute Gasteiger partial charge is 0.387 e. The molecule has 0 aliphatic carbocycles. The number of nitrogens with one attached hydrogen (secondary N) is 2. The van der Waals surface area contributed by atoms with Gasteiger partial charge in [0.05, 0.1) is 12.7 Å². The largest absolute Gasteiger partial charge is 0.434 e. The Morgan fingerprint density at radius 1 is 1.38 bits per heavy atom. The van der Waals surface area contributed by atoms with E-state index in [9.17, 15) is 8.78 Å². The molecule has 0 radical (unpaired) electrons. The van der Waals surface area contributed by atoms with Crippen molar-refractivity contribution in [2.24, 2.45) is 4.99 Å². The molecule has 0 atom stereocenters. The minimum absolute atomic E-state index is 0. The highest BCUT2D eigenvalue weighted by Gasteiger charge is 2.11. The van der Waals surface area contributed by atoms with Crippen molar-refractivity contribution in [2.45, 2.75) is 26.6 Å². The normalized spacial score (nSPS) is 11.2. The first-order valence-electron chi connectivity index (χ1n) is 7.64. The second kappa shape index (κ2) is 11.2. The van der Waals surface area contributed by atoms with Crippen LogP contribution in [-0.4, -0.2) is 35.9 Å². The lowest BCUT2D eigenvalue weighted by atomic mass is 10.2. The summed E-state index contributed by atoms with van der Waals surface area (Å²) in [5.74, 6) is 0.612. The van der Waals surface area contributed by atoms with Gasteiger partial charge in [-0.25, -0.2) is 0 Å². The fourth-order valence-corrected chi connectivity index (χ4v) is 2.37. The first-order valence-corrected chi connectivity index (χ1v) is 8.02. The molecule has 0 spiro atoms. The van der Waals surface area contributed by atoms with E-state index in [1.165, 1.54) is 12.1 Å². The van der Waals surface area contributed by atoms with Gasteiger partial charge in [-0.1, -0.05) is 11.6 Å². The van der Waals surface area contributed by atoms with Crippen molar-refractivity contribution >= 4 is 41.5 Å². The Labute approximate surface area is 173 Å². The van der Waals surface area contributed by atoms with Crippen LogP contribution in [-0.2, 0) is 13.1 Å². The maximum Gasteiger partial charge on any atom is 0.387 e. The Balaban J connectivity index is 0.00000338. The number of ether oxygens (including phenoxy) is 1. The van der Waals surface area contributed by atoms with Gasteiger partial charge >= 0.3 is 6.61 Å². The third-order valence-corrected chi connectivity index (χ3v) is 3.54. The molecule has 0 aliphatic heterocycles. The molecule has 26 heavy (non-hydrogen) atoms. The average molecular weight is 500 g/mol. The second-order valence-corrected chi connectivity index (χ2v) is 5.70. The summed E-state index contributed by atoms with van der Waals surface area (Å²) in [5, 5.41) is 10.8. The molecule has 6 nitrogen and oxygen atoms in total. The summed E-state index contributed by atoms with van der Waals surface area (Å²) in [6.07, 6.45) is 3.73. The van der Waals surface area contributed by atoms with Gasteiger partial charge in [0.25, 0.3) is 0 Å². The van der Waals surface area contributed by atoms with E-state index in [0.29, 0.717) is 29.6 Å². The van der Waals surface area contributed by atoms with Crippen molar-refractivity contribution in [3.05, 3.63) is 46.7 Å². The van der Waals surface area contributed by atoms with Crippen molar-refractivity contribution in [1.82, 2.24) is 20.4 Å². The quantitative estimate of drug-likeness (QED) is 0.348. The van der Waals surface area contributed by atoms with Gasteiger partial charge in [-0.3, -0.25) is 9.67 Å². The number of alkyl halides is 2. The first kappa shape index (κ1) is 22.4. The van der Waals surface area contributed by atoms with Gasteiger partial charge in [0.1, 0.15) is 5.75 Å². The number of aromatic nitrogens is 2. The zero-order chi connectivity index (χ0) is 18.2. The molecule has 1 aromatic carbocycles. The molecule has 2 N–H and O–H groups in total. The Morgan fingerprint density at radius 2 is 2.15 bits per heavy atom. The van der Waals surface area contributed by atoms with Gasteiger partial charge in [-0.05, 0) is 30.7 Å². The average Bonchev–Trinajstić information content (AvgIpc) is 2.98. The molecule has 2 rings (SSSR count). The summed E-state index contributed by atoms with van der Waals surface area (Å²) in [6, 6.07) is 4.50. The SMILES string of the molecule is CN=C(NCCn1cc(C)cn1)NCc1cc(Cl)ccc1OC(F)F.I. The van der Waals surface area contributed by atoms with E-state index < -0.39 is 6.61 Å². The highest BCUT2D eigenvalue weighted by Crippen LogP contribution is 2.24. The van der Waals surface area contributed by atoms with Crippen LogP contribution < -0.4 is 15.4 Å². The lowest BCUT2D eigenvalue weighted by Crippen LogP contribution is -2.38. The number of aryl methyl sites for hydroxylation is 1. The summed E-state index contributed by atoms with van der Waals surface area (Å²) in [7, 11) is 1.63. The zero-order valence-corrected chi connectivity index (χ0v) is 17.5. The number of halogens is 4. The number of rotatable bonds is 7. The number of aliphatic imine (C=N–C) groups is 1. The van der Waals surface area contributed by atoms with Crippen LogP contribution in [0.3, 0.4) is 0 Å². The van der Waals surface area contributed by atoms with Gasteiger partial charge in [0, 0.05) is 36.9 Å². The molecule has 0 amide bonds. The zero-order valence-electron chi connectivity index (χ0n) is 14.4. The molecule has 0 bridgehead atoms. The van der Waals surface area contributed by atoms with Gasteiger partial charge in [-0.15, -0.1) is 24.0 Å². The minimum atomic E-state index is -2.89. The van der Waals surface area contributed by atoms with E-state index in [4.69, 9.17) is 11.6 Å². The number of benzene rings is 1. The van der Waals surface area contributed by atoms with Crippen LogP contribution in [0.2, 0.25) is 5.02 Å². The molecule has 1 heterocycles. The second-order valence-electron chi connectivity index (χ2n) is 5.26. The van der Waals surface area contributed by atoms with Crippen LogP contribution in [0.5, 0.6) is 5.75 Å². The van der Waals surface area contributed by atoms with Crippen molar-refractivity contribution in [3.8, 4) is 5.75 Å². The van der Waals surface area contributed by atoms with Crippen LogP contribution >= 0.6 is 35.6 Å². The van der Waals surface area contributed by atoms with Crippen molar-refractivity contribution in [1.29, 1.82) is 0 Å². The highest BCUT2D eigenvalue weighted by atomic mass is 127. The van der Waals surface area contributed by atoms with E-state index >= 15 is 0 Å². The first-order chi connectivity index (χ1) is 12.0. The van der Waals surface area contributed by atoms with E-state index in [-0.39, 0.29) is 36.3 Å². The molecular formula is C16H21ClF2IN5O. The van der Waals surface area contributed by atoms with Gasteiger partial charge in [0.15, 0.2) is 5.96 Å². The molecule has 1 aromatic heterocycles. The maximum absolute atomic E-state index is 12.5. The van der Waals surface area contributed by atoms with Crippen LogP contribution in [0.15, 0.2) is 35.6 Å². The summed E-state index contributed by atoms with van der Waals surface area (Å²) < 4.78 is 31.3. The maximum atomic E-state index is 12.5. The standard InChI is InChI=1S/C16H20ClF2N5O.HI/c1-11-8-23-24(10-11)6-5-21-16(20-2)22-9-12-7-13(17)3-4-14(12)25-15(18)19;/h3-4,7-8,10,15H,5-6,9H2,1-2H3,(H2,20,21,22);1H. The van der Waals surface area contributed by atoms with Gasteiger partial charge in [-0.2, -0.15) is 13.9 Å². The molecule has 0 unspecified atom stereocenters. The van der Waals surface area contributed by atoms with Crippen LogP contribution in [0, 0.1) is 6.92 Å². The molecule has 0 fully saturated rings. The molecule has 0 saturated heterocycles. The molecular weight excluding hydrogens is 479 g/mol. The topological polar surface area (TPSA) is 63.5 Å². The van der Waals surface area contributed by atoms with Gasteiger partial charge in [0.2, 0.25) is 0 Å². The number of nitrogens with zero attached hydrogens (tertiary/aromatic N) is 3. The molecule has 144 valence electrons. The Bertz CT molecular complexity index is 726. The van der Waals surface area contributed by atoms with Crippen LogP contribution in [0.4, 0.5) is 8.78 Å². The van der Waals surface area contributed by atoms with Crippen molar-refractivity contribution in [2.75, 3.05) is 13.6 Å². The Hall–Kier alpha value is -1.62. The van der Waals surface area contributed by atoms with E-state index in [0.717, 1.165) is 5.56 Å². The molecule has 2 aromatic rings. The minimum Gasteiger partial charge on any atom is -0.434 e. The lowest BCUT2D eigenvalue weighted by molar-refractivity contribution is -0.0504. The predicted molar refractivity (Wildman–Crippen MR) is 109 cm³/mol. The molecule has 10 heteroatoms. The fraction of sp³-hybridized carbons (Fsp3) is 0.375. The van der Waals surface area contributed by atoms with Crippen molar-refractivity contribution in [3.63, 3.8) is 0 Å². The predicted octanol–water partition coefficient (Wildman–Crippen LogP) is 3.43. The third-order valence-electron chi connectivity index (χ3n) is 3.30. The fourth-order valence-electron chi connectivity index (χ4n) is 2.17. The van der Waals surface area contributed by atoms with E-state index in [2.05, 4.69) is 25.5 Å². The monoisotopic (exact) mass is 499 g/mol. The van der Waals surface area contributed by atoms with Crippen molar-refractivity contribution < 1.29 is 13.5 Å². The van der Waals surface area contributed by atoms with Crippen LogP contribution in [0.25, 0.3) is 0 Å². The van der Waals surface area contributed by atoms with Gasteiger partial charge < -0.3 is 15.4 Å². The summed E-state index contributed by atoms with van der Waals surface area (Å²) >= 11 is 5.93. The summed E-state index contributed by atoms with van der Waals surface area (Å²) in [5.41, 5.74) is 1.61. The molecule has 0 saturated carbocycles. The Kier molecular flexibility index (Phi) is 9.63. The number of hydrogen-bond acceptors (Lipinski definition) is 3. The van der Waals surface area contributed by atoms with E-state index in [1.807, 2.05) is 17.8 Å². The lowest BCUT2D eigenvalue weighted by Gasteiger charge is -2.15. The number of guanidine groups is 1. The van der Waals surface area contributed by atoms with Crippen LogP contribution in [0.1, 0.15) is 11.1 Å². The Morgan fingerprint density at radius 3 is 2.77 bits per heavy atom. The molecule has 0 aliphatic rings. The van der Waals surface area contributed by atoms with E-state index in [1.54, 1.807) is 19.3 Å². The number of hydrogen-bond donors (Lipinski definition) is 2. The summed E-state index contributed by atoms with van der Waals surface area (Å²) in [4.78, 5) is 4.10. The highest BCUT2D eigenvalue weighted by molar-refractivity contribution is 14.0.